The van der Waals surface area contributed by atoms with Crippen LogP contribution in [0.25, 0.3) is 5.69 Å². The first kappa shape index (κ1) is 19.3. The van der Waals surface area contributed by atoms with Crippen molar-refractivity contribution in [3.8, 4) is 5.69 Å². The minimum absolute atomic E-state index is 0.366. The van der Waals surface area contributed by atoms with E-state index in [1.54, 1.807) is 0 Å². The summed E-state index contributed by atoms with van der Waals surface area (Å²) in [6.07, 6.45) is -3.39. The summed E-state index contributed by atoms with van der Waals surface area (Å²) in [6, 6.07) is 2.57. The molecule has 1 aromatic heterocycles. The monoisotopic (exact) mass is 392 g/mol. The quantitative estimate of drug-likeness (QED) is 0.327. The SMILES string of the molecule is CN(C)/C=N/S(=O)(=O)c1cc([N+](=O)[O-])ccc1-n1cc(C(F)(F)F)nn1. The zero-order chi connectivity index (χ0) is 19.7. The van der Waals surface area contributed by atoms with Crippen LogP contribution in [0.3, 0.4) is 0 Å². The summed E-state index contributed by atoms with van der Waals surface area (Å²) in [5.41, 5.74) is -2.30. The van der Waals surface area contributed by atoms with Gasteiger partial charge in [0, 0.05) is 26.2 Å². The Hall–Kier alpha value is -3.03. The van der Waals surface area contributed by atoms with Gasteiger partial charge in [-0.25, -0.2) is 4.68 Å². The molecule has 0 bridgehead atoms. The van der Waals surface area contributed by atoms with Crippen LogP contribution in [0.15, 0.2) is 33.7 Å². The molecule has 0 saturated heterocycles. The van der Waals surface area contributed by atoms with Crippen LogP contribution in [0.4, 0.5) is 18.9 Å². The van der Waals surface area contributed by atoms with Gasteiger partial charge in [-0.15, -0.1) is 9.50 Å². The Morgan fingerprint density at radius 1 is 1.35 bits per heavy atom. The molecular formula is C12H11F3N6O4S. The topological polar surface area (TPSA) is 124 Å². The maximum atomic E-state index is 12.7. The lowest BCUT2D eigenvalue weighted by molar-refractivity contribution is -0.385. The van der Waals surface area contributed by atoms with Gasteiger partial charge >= 0.3 is 6.18 Å². The third kappa shape index (κ3) is 4.14. The lowest BCUT2D eigenvalue weighted by atomic mass is 10.3. The Morgan fingerprint density at radius 2 is 2.00 bits per heavy atom. The highest BCUT2D eigenvalue weighted by molar-refractivity contribution is 7.90. The van der Waals surface area contributed by atoms with Crippen molar-refractivity contribution in [3.63, 3.8) is 0 Å². The molecule has 26 heavy (non-hydrogen) atoms. The van der Waals surface area contributed by atoms with Crippen molar-refractivity contribution in [2.75, 3.05) is 14.1 Å². The van der Waals surface area contributed by atoms with Crippen molar-refractivity contribution in [2.24, 2.45) is 4.40 Å². The maximum Gasteiger partial charge on any atom is 0.436 e. The van der Waals surface area contributed by atoms with Gasteiger partial charge in [0.15, 0.2) is 5.69 Å². The van der Waals surface area contributed by atoms with E-state index in [1.807, 2.05) is 0 Å². The number of nitro groups is 1. The maximum absolute atomic E-state index is 12.7. The van der Waals surface area contributed by atoms with Gasteiger partial charge in [-0.3, -0.25) is 10.1 Å². The number of sulfonamides is 1. The fourth-order valence-corrected chi connectivity index (χ4v) is 2.86. The van der Waals surface area contributed by atoms with Gasteiger partial charge in [-0.05, 0) is 6.07 Å². The molecule has 2 aromatic rings. The van der Waals surface area contributed by atoms with E-state index in [0.717, 1.165) is 18.5 Å². The van der Waals surface area contributed by atoms with Crippen LogP contribution in [0, 0.1) is 10.1 Å². The van der Waals surface area contributed by atoms with Crippen molar-refractivity contribution >= 4 is 22.0 Å². The van der Waals surface area contributed by atoms with E-state index >= 15 is 0 Å². The van der Waals surface area contributed by atoms with E-state index in [1.165, 1.54) is 19.0 Å². The predicted molar refractivity (Wildman–Crippen MR) is 82.4 cm³/mol. The molecule has 0 atom stereocenters. The van der Waals surface area contributed by atoms with Gasteiger partial charge in [-0.1, -0.05) is 5.21 Å². The standard InChI is InChI=1S/C12H11F3N6O4S/c1-19(2)7-16-26(24,25)10-5-8(21(22)23)3-4-9(10)20-6-11(17-18-20)12(13,14)15/h3-7H,1-2H3/b16-7+. The van der Waals surface area contributed by atoms with E-state index in [-0.39, 0.29) is 5.69 Å². The highest BCUT2D eigenvalue weighted by atomic mass is 32.2. The molecule has 0 amide bonds. The molecule has 0 aliphatic heterocycles. The zero-order valence-electron chi connectivity index (χ0n) is 13.2. The molecule has 140 valence electrons. The zero-order valence-corrected chi connectivity index (χ0v) is 14.1. The van der Waals surface area contributed by atoms with Gasteiger partial charge in [0.25, 0.3) is 15.7 Å². The number of benzene rings is 1. The van der Waals surface area contributed by atoms with Gasteiger partial charge in [0.05, 0.1) is 16.8 Å². The highest BCUT2D eigenvalue weighted by Gasteiger charge is 2.35. The van der Waals surface area contributed by atoms with Crippen LogP contribution in [-0.2, 0) is 16.2 Å². The van der Waals surface area contributed by atoms with Gasteiger partial charge in [-0.2, -0.15) is 21.6 Å². The molecule has 0 N–H and O–H groups in total. The molecule has 0 saturated carbocycles. The van der Waals surface area contributed by atoms with E-state index in [4.69, 9.17) is 0 Å². The largest absolute Gasteiger partial charge is 0.436 e. The third-order valence-corrected chi connectivity index (χ3v) is 4.13. The minimum Gasteiger partial charge on any atom is -0.368 e. The average molecular weight is 392 g/mol. The fraction of sp³-hybridized carbons (Fsp3) is 0.250. The minimum atomic E-state index is -4.79. The number of nitrogens with zero attached hydrogens (tertiary/aromatic N) is 6. The Balaban J connectivity index is 2.67. The molecule has 1 heterocycles. The number of alkyl halides is 3. The Labute approximate surface area is 144 Å². The van der Waals surface area contributed by atoms with Crippen molar-refractivity contribution < 1.29 is 26.5 Å². The molecule has 0 aliphatic carbocycles. The lowest BCUT2D eigenvalue weighted by Crippen LogP contribution is -2.12. The third-order valence-electron chi connectivity index (χ3n) is 2.88. The Morgan fingerprint density at radius 3 is 2.50 bits per heavy atom. The van der Waals surface area contributed by atoms with Crippen LogP contribution >= 0.6 is 0 Å². The molecule has 0 aliphatic rings. The molecule has 1 aromatic carbocycles. The lowest BCUT2D eigenvalue weighted by Gasteiger charge is -2.08. The predicted octanol–water partition coefficient (Wildman–Crippen LogP) is 1.47. The van der Waals surface area contributed by atoms with Crippen molar-refractivity contribution in [1.29, 1.82) is 0 Å². The smallest absolute Gasteiger partial charge is 0.368 e. The molecule has 0 unspecified atom stereocenters. The molecule has 14 heteroatoms. The number of hydrogen-bond acceptors (Lipinski definition) is 6. The number of halogens is 3. The Bertz CT molecular complexity index is 968. The van der Waals surface area contributed by atoms with Crippen LogP contribution in [0.5, 0.6) is 0 Å². The summed E-state index contributed by atoms with van der Waals surface area (Å²) >= 11 is 0. The molecule has 0 fully saturated rings. The van der Waals surface area contributed by atoms with Crippen LogP contribution < -0.4 is 0 Å². The first-order valence-electron chi connectivity index (χ1n) is 6.67. The average Bonchev–Trinajstić information content (AvgIpc) is 3.02. The van der Waals surface area contributed by atoms with Crippen LogP contribution in [-0.4, -0.2) is 53.7 Å². The number of hydrogen-bond donors (Lipinski definition) is 0. The molecule has 0 radical (unpaired) electrons. The summed E-state index contributed by atoms with van der Waals surface area (Å²) in [6.45, 7) is 0. The van der Waals surface area contributed by atoms with Crippen molar-refractivity contribution in [3.05, 3.63) is 40.2 Å². The fourth-order valence-electron chi connectivity index (χ4n) is 1.74. The highest BCUT2D eigenvalue weighted by Crippen LogP contribution is 2.30. The second-order valence-electron chi connectivity index (χ2n) is 5.11. The van der Waals surface area contributed by atoms with Gasteiger partial charge < -0.3 is 4.90 Å². The van der Waals surface area contributed by atoms with Crippen LogP contribution in [0.1, 0.15) is 5.69 Å². The number of rotatable bonds is 5. The summed E-state index contributed by atoms with van der Waals surface area (Å²) < 4.78 is 66.7. The second-order valence-corrected chi connectivity index (χ2v) is 6.72. The van der Waals surface area contributed by atoms with E-state index < -0.39 is 37.4 Å². The molecule has 0 spiro atoms. The number of non-ortho nitro benzene ring substituents is 1. The molecular weight excluding hydrogens is 381 g/mol. The number of nitro benzene ring substituents is 1. The van der Waals surface area contributed by atoms with Gasteiger partial charge in [0.1, 0.15) is 11.2 Å². The first-order chi connectivity index (χ1) is 11.9. The van der Waals surface area contributed by atoms with Crippen molar-refractivity contribution in [1.82, 2.24) is 19.9 Å². The molecule has 2 rings (SSSR count). The summed E-state index contributed by atoms with van der Waals surface area (Å²) in [4.78, 5) is 10.7. The van der Waals surface area contributed by atoms with E-state index in [0.29, 0.717) is 16.9 Å². The normalized spacial score (nSPS) is 12.5. The molecule has 10 nitrogen and oxygen atoms in total. The van der Waals surface area contributed by atoms with Crippen LogP contribution in [0.2, 0.25) is 0 Å². The first-order valence-corrected chi connectivity index (χ1v) is 8.11. The Kier molecular flexibility index (Phi) is 4.97. The van der Waals surface area contributed by atoms with Gasteiger partial charge in [0.2, 0.25) is 0 Å². The number of aromatic nitrogens is 3. The summed E-state index contributed by atoms with van der Waals surface area (Å²) in [5, 5.41) is 17.1. The van der Waals surface area contributed by atoms with E-state index in [2.05, 4.69) is 14.7 Å². The summed E-state index contributed by atoms with van der Waals surface area (Å²) in [5.74, 6) is 0. The van der Waals surface area contributed by atoms with E-state index in [9.17, 15) is 31.7 Å². The summed E-state index contributed by atoms with van der Waals surface area (Å²) in [7, 11) is -1.49. The second kappa shape index (κ2) is 6.70. The van der Waals surface area contributed by atoms with Crippen molar-refractivity contribution in [2.45, 2.75) is 11.1 Å².